The van der Waals surface area contributed by atoms with Crippen LogP contribution in [-0.4, -0.2) is 22.9 Å². The van der Waals surface area contributed by atoms with E-state index in [4.69, 9.17) is 5.73 Å². The molecule has 1 aliphatic carbocycles. The first-order chi connectivity index (χ1) is 16.1. The molecule has 166 valence electrons. The zero-order chi connectivity index (χ0) is 22.8. The molecule has 0 spiro atoms. The minimum atomic E-state index is -0.346. The van der Waals surface area contributed by atoms with Gasteiger partial charge in [-0.15, -0.1) is 11.3 Å². The predicted molar refractivity (Wildman–Crippen MR) is 133 cm³/mol. The molecule has 1 aliphatic rings. The quantitative estimate of drug-likeness (QED) is 0.395. The molecule has 5 rings (SSSR count). The lowest BCUT2D eigenvalue weighted by Crippen LogP contribution is -2.21. The molecular formula is C26H25N5OS. The normalized spacial score (nSPS) is 14.8. The highest BCUT2D eigenvalue weighted by Gasteiger charge is 2.22. The van der Waals surface area contributed by atoms with Crippen molar-refractivity contribution < 1.29 is 4.79 Å². The molecule has 1 atom stereocenters. The monoisotopic (exact) mass is 455 g/mol. The number of nitrogens with zero attached hydrogens (tertiary/aromatic N) is 2. The molecule has 2 heterocycles. The molecular weight excluding hydrogens is 430 g/mol. The summed E-state index contributed by atoms with van der Waals surface area (Å²) < 4.78 is 0. The zero-order valence-corrected chi connectivity index (χ0v) is 19.2. The minimum absolute atomic E-state index is 0.123. The predicted octanol–water partition coefficient (Wildman–Crippen LogP) is 4.59. The Morgan fingerprint density at radius 3 is 2.88 bits per heavy atom. The van der Waals surface area contributed by atoms with E-state index in [1.807, 2.05) is 12.1 Å². The number of thiophene rings is 1. The Morgan fingerprint density at radius 1 is 1.15 bits per heavy atom. The average Bonchev–Trinajstić information content (AvgIpc) is 3.53. The lowest BCUT2D eigenvalue weighted by atomic mass is 10.0. The Bertz CT molecular complexity index is 1300. The molecule has 1 amide bonds. The van der Waals surface area contributed by atoms with Crippen molar-refractivity contribution in [2.75, 3.05) is 12.8 Å². The van der Waals surface area contributed by atoms with E-state index < -0.39 is 0 Å². The van der Waals surface area contributed by atoms with Gasteiger partial charge in [0.05, 0.1) is 11.9 Å². The van der Waals surface area contributed by atoms with Crippen LogP contribution in [-0.2, 0) is 13.0 Å². The summed E-state index contributed by atoms with van der Waals surface area (Å²) in [5.74, 6) is -0.222. The molecule has 0 radical (unpaired) electrons. The number of nitrogens with two attached hydrogens (primary N) is 1. The summed E-state index contributed by atoms with van der Waals surface area (Å²) in [5, 5.41) is 8.39. The van der Waals surface area contributed by atoms with E-state index in [2.05, 4.69) is 68.4 Å². The number of hydrogen-bond donors (Lipinski definition) is 3. The third-order valence-corrected chi connectivity index (χ3v) is 6.96. The molecule has 7 heteroatoms. The van der Waals surface area contributed by atoms with E-state index in [0.717, 1.165) is 30.5 Å². The maximum absolute atomic E-state index is 12.0. The summed E-state index contributed by atoms with van der Waals surface area (Å²) in [4.78, 5) is 21.9. The SMILES string of the molecule is CNC(=O)c1nc(-c2cccc(CNC3CCc4cc(-c5cccs5)ccc43)c2)cnc1N. The number of hydrogen-bond acceptors (Lipinski definition) is 6. The van der Waals surface area contributed by atoms with Crippen molar-refractivity contribution in [1.29, 1.82) is 0 Å². The van der Waals surface area contributed by atoms with Crippen LogP contribution < -0.4 is 16.4 Å². The second-order valence-electron chi connectivity index (χ2n) is 8.13. The lowest BCUT2D eigenvalue weighted by molar-refractivity contribution is 0.0959. The van der Waals surface area contributed by atoms with E-state index in [1.165, 1.54) is 21.6 Å². The Morgan fingerprint density at radius 2 is 2.06 bits per heavy atom. The van der Waals surface area contributed by atoms with Gasteiger partial charge in [-0.3, -0.25) is 4.79 Å². The topological polar surface area (TPSA) is 92.9 Å². The van der Waals surface area contributed by atoms with Crippen molar-refractivity contribution in [2.24, 2.45) is 0 Å². The van der Waals surface area contributed by atoms with E-state index in [-0.39, 0.29) is 17.4 Å². The van der Waals surface area contributed by atoms with Crippen LogP contribution in [0.5, 0.6) is 0 Å². The highest BCUT2D eigenvalue weighted by Crippen LogP contribution is 2.35. The van der Waals surface area contributed by atoms with Gasteiger partial charge in [-0.25, -0.2) is 9.97 Å². The highest BCUT2D eigenvalue weighted by molar-refractivity contribution is 7.13. The maximum atomic E-state index is 12.0. The number of fused-ring (bicyclic) bond motifs is 1. The van der Waals surface area contributed by atoms with Gasteiger partial charge in [-0.1, -0.05) is 42.5 Å². The first-order valence-electron chi connectivity index (χ1n) is 11.0. The fraction of sp³-hybridized carbons (Fsp3) is 0.192. The van der Waals surface area contributed by atoms with Crippen molar-refractivity contribution in [3.63, 3.8) is 0 Å². The zero-order valence-electron chi connectivity index (χ0n) is 18.3. The summed E-state index contributed by atoms with van der Waals surface area (Å²) in [6.45, 7) is 0.745. The number of nitrogens with one attached hydrogen (secondary N) is 2. The molecule has 0 bridgehead atoms. The van der Waals surface area contributed by atoms with Crippen LogP contribution >= 0.6 is 11.3 Å². The molecule has 1 unspecified atom stereocenters. The number of anilines is 1. The van der Waals surface area contributed by atoms with Gasteiger partial charge in [0, 0.05) is 30.1 Å². The first kappa shape index (κ1) is 21.3. The van der Waals surface area contributed by atoms with Crippen LogP contribution in [0.15, 0.2) is 66.2 Å². The summed E-state index contributed by atoms with van der Waals surface area (Å²) >= 11 is 1.78. The standard InChI is InChI=1S/C26H25N5OS/c1-28-26(32)24-25(27)30-15-22(31-24)18-5-2-4-16(12-18)14-29-21-10-8-17-13-19(7-9-20(17)21)23-6-3-11-33-23/h2-7,9,11-13,15,21,29H,8,10,14H2,1H3,(H2,27,30)(H,28,32). The van der Waals surface area contributed by atoms with Crippen molar-refractivity contribution >= 4 is 23.1 Å². The summed E-state index contributed by atoms with van der Waals surface area (Å²) in [6.07, 6.45) is 3.80. The minimum Gasteiger partial charge on any atom is -0.382 e. The van der Waals surface area contributed by atoms with Crippen LogP contribution in [0, 0.1) is 0 Å². The van der Waals surface area contributed by atoms with Gasteiger partial charge >= 0.3 is 0 Å². The van der Waals surface area contributed by atoms with Gasteiger partial charge in [0.2, 0.25) is 0 Å². The van der Waals surface area contributed by atoms with Gasteiger partial charge in [0.15, 0.2) is 11.5 Å². The fourth-order valence-electron chi connectivity index (χ4n) is 4.33. The van der Waals surface area contributed by atoms with Crippen LogP contribution in [0.2, 0.25) is 0 Å². The smallest absolute Gasteiger partial charge is 0.273 e. The number of aryl methyl sites for hydroxylation is 1. The van der Waals surface area contributed by atoms with E-state index in [1.54, 1.807) is 24.6 Å². The molecule has 33 heavy (non-hydrogen) atoms. The van der Waals surface area contributed by atoms with Crippen molar-refractivity contribution in [2.45, 2.75) is 25.4 Å². The lowest BCUT2D eigenvalue weighted by Gasteiger charge is -2.15. The summed E-state index contributed by atoms with van der Waals surface area (Å²) in [6, 6.07) is 19.6. The van der Waals surface area contributed by atoms with Crippen molar-refractivity contribution in [1.82, 2.24) is 20.6 Å². The molecule has 2 aromatic carbocycles. The summed E-state index contributed by atoms with van der Waals surface area (Å²) in [7, 11) is 1.55. The third-order valence-electron chi connectivity index (χ3n) is 6.04. The number of amides is 1. The molecule has 0 aliphatic heterocycles. The molecule has 2 aromatic heterocycles. The Labute approximate surface area is 196 Å². The highest BCUT2D eigenvalue weighted by atomic mass is 32.1. The summed E-state index contributed by atoms with van der Waals surface area (Å²) in [5.41, 5.74) is 12.8. The van der Waals surface area contributed by atoms with Crippen LogP contribution in [0.4, 0.5) is 5.82 Å². The second-order valence-corrected chi connectivity index (χ2v) is 9.08. The van der Waals surface area contributed by atoms with E-state index in [9.17, 15) is 4.79 Å². The van der Waals surface area contributed by atoms with Crippen LogP contribution in [0.3, 0.4) is 0 Å². The number of aromatic nitrogens is 2. The van der Waals surface area contributed by atoms with Gasteiger partial charge in [-0.2, -0.15) is 0 Å². The van der Waals surface area contributed by atoms with Gasteiger partial charge < -0.3 is 16.4 Å². The Hall–Kier alpha value is -3.55. The van der Waals surface area contributed by atoms with Gasteiger partial charge in [0.25, 0.3) is 5.91 Å². The molecule has 4 N–H and O–H groups in total. The van der Waals surface area contributed by atoms with Gasteiger partial charge in [-0.05, 0) is 52.6 Å². The van der Waals surface area contributed by atoms with Gasteiger partial charge in [0.1, 0.15) is 0 Å². The average molecular weight is 456 g/mol. The number of benzene rings is 2. The molecule has 0 saturated heterocycles. The van der Waals surface area contributed by atoms with Crippen molar-refractivity contribution in [3.05, 3.63) is 88.6 Å². The van der Waals surface area contributed by atoms with E-state index >= 15 is 0 Å². The van der Waals surface area contributed by atoms with Crippen molar-refractivity contribution in [3.8, 4) is 21.7 Å². The largest absolute Gasteiger partial charge is 0.382 e. The second kappa shape index (κ2) is 9.13. The Balaban J connectivity index is 1.31. The van der Waals surface area contributed by atoms with Crippen LogP contribution in [0.1, 0.15) is 39.6 Å². The fourth-order valence-corrected chi connectivity index (χ4v) is 5.05. The van der Waals surface area contributed by atoms with E-state index in [0.29, 0.717) is 11.7 Å². The molecule has 6 nitrogen and oxygen atoms in total. The Kier molecular flexibility index (Phi) is 5.90. The number of nitrogen functional groups attached to an aromatic ring is 1. The third kappa shape index (κ3) is 4.37. The molecule has 4 aromatic rings. The molecule has 0 saturated carbocycles. The first-order valence-corrected chi connectivity index (χ1v) is 11.8. The molecule has 0 fully saturated rings. The number of carbonyl (C=O) groups excluding carboxylic acids is 1. The number of carbonyl (C=O) groups is 1. The van der Waals surface area contributed by atoms with Crippen LogP contribution in [0.25, 0.3) is 21.7 Å². The number of rotatable bonds is 6. The maximum Gasteiger partial charge on any atom is 0.273 e.